The van der Waals surface area contributed by atoms with Crippen LogP contribution in [0.4, 0.5) is 10.1 Å². The van der Waals surface area contributed by atoms with Gasteiger partial charge in [-0.05, 0) is 24.6 Å². The molecule has 0 aliphatic heterocycles. The first-order valence-corrected chi connectivity index (χ1v) is 5.78. The smallest absolute Gasteiger partial charge is 0.126 e. The van der Waals surface area contributed by atoms with Gasteiger partial charge in [-0.2, -0.15) is 5.26 Å². The highest BCUT2D eigenvalue weighted by Crippen LogP contribution is 2.12. The highest BCUT2D eigenvalue weighted by Gasteiger charge is 1.99. The quantitative estimate of drug-likeness (QED) is 0.740. The van der Waals surface area contributed by atoms with Crippen molar-refractivity contribution < 1.29 is 9.13 Å². The van der Waals surface area contributed by atoms with Crippen LogP contribution in [0.15, 0.2) is 18.2 Å². The normalized spacial score (nSPS) is 9.94. The van der Waals surface area contributed by atoms with Gasteiger partial charge in [0.2, 0.25) is 0 Å². The zero-order chi connectivity index (χ0) is 12.5. The van der Waals surface area contributed by atoms with Crippen molar-refractivity contribution in [2.45, 2.75) is 19.8 Å². The average Bonchev–Trinajstić information content (AvgIpc) is 2.33. The summed E-state index contributed by atoms with van der Waals surface area (Å²) >= 11 is 0. The van der Waals surface area contributed by atoms with Gasteiger partial charge in [0.1, 0.15) is 5.82 Å². The van der Waals surface area contributed by atoms with Gasteiger partial charge in [-0.3, -0.25) is 0 Å². The van der Waals surface area contributed by atoms with Gasteiger partial charge >= 0.3 is 0 Å². The molecule has 0 aromatic heterocycles. The van der Waals surface area contributed by atoms with E-state index < -0.39 is 5.82 Å². The number of nitrogens with zero attached hydrogens (tertiary/aromatic N) is 1. The Hall–Kier alpha value is -1.60. The Morgan fingerprint density at radius 3 is 2.88 bits per heavy atom. The number of anilines is 1. The predicted octanol–water partition coefficient (Wildman–Crippen LogP) is 2.93. The highest BCUT2D eigenvalue weighted by atomic mass is 19.1. The van der Waals surface area contributed by atoms with Crippen LogP contribution >= 0.6 is 0 Å². The summed E-state index contributed by atoms with van der Waals surface area (Å²) in [4.78, 5) is 0. The summed E-state index contributed by atoms with van der Waals surface area (Å²) in [6.07, 6.45) is 2.17. The molecule has 1 rings (SSSR count). The van der Waals surface area contributed by atoms with Crippen molar-refractivity contribution in [2.24, 2.45) is 0 Å². The summed E-state index contributed by atoms with van der Waals surface area (Å²) in [6, 6.07) is 6.11. The van der Waals surface area contributed by atoms with Crippen LogP contribution in [0.5, 0.6) is 0 Å². The Balaban J connectivity index is 2.32. The Bertz CT molecular complexity index is 387. The first-order valence-electron chi connectivity index (χ1n) is 5.78. The number of benzene rings is 1. The number of unbranched alkanes of at least 4 members (excludes halogenated alkanes) is 1. The molecule has 0 radical (unpaired) electrons. The zero-order valence-corrected chi connectivity index (χ0v) is 10.0. The third kappa shape index (κ3) is 5.32. The third-order valence-corrected chi connectivity index (χ3v) is 2.24. The summed E-state index contributed by atoms with van der Waals surface area (Å²) in [5, 5.41) is 11.7. The first kappa shape index (κ1) is 13.5. The largest absolute Gasteiger partial charge is 0.383 e. The molecule has 0 fully saturated rings. The van der Waals surface area contributed by atoms with Crippen LogP contribution in [0, 0.1) is 17.1 Å². The molecule has 0 aliphatic rings. The zero-order valence-electron chi connectivity index (χ0n) is 10.0. The number of hydrogen-bond donors (Lipinski definition) is 1. The van der Waals surface area contributed by atoms with Crippen LogP contribution in [-0.2, 0) is 4.74 Å². The summed E-state index contributed by atoms with van der Waals surface area (Å²) in [7, 11) is 0. The van der Waals surface area contributed by atoms with Gasteiger partial charge in [-0.25, -0.2) is 4.39 Å². The molecule has 0 spiro atoms. The fourth-order valence-electron chi connectivity index (χ4n) is 1.37. The first-order chi connectivity index (χ1) is 8.26. The molecule has 17 heavy (non-hydrogen) atoms. The van der Waals surface area contributed by atoms with E-state index in [0.29, 0.717) is 24.4 Å². The monoisotopic (exact) mass is 236 g/mol. The van der Waals surface area contributed by atoms with Crippen molar-refractivity contribution in [1.82, 2.24) is 0 Å². The van der Waals surface area contributed by atoms with Gasteiger partial charge in [0.15, 0.2) is 0 Å². The van der Waals surface area contributed by atoms with Crippen LogP contribution in [0.25, 0.3) is 0 Å². The van der Waals surface area contributed by atoms with E-state index in [9.17, 15) is 4.39 Å². The molecule has 3 nitrogen and oxygen atoms in total. The fourth-order valence-corrected chi connectivity index (χ4v) is 1.37. The molecule has 0 saturated carbocycles. The molecule has 0 heterocycles. The standard InChI is InChI=1S/C13H17FN2O/c1-2-3-5-17-6-4-16-13-8-11(10-15)7-12(14)9-13/h7-9,16H,2-6H2,1H3. The van der Waals surface area contributed by atoms with Gasteiger partial charge in [-0.15, -0.1) is 0 Å². The van der Waals surface area contributed by atoms with E-state index in [1.165, 1.54) is 12.1 Å². The molecule has 0 atom stereocenters. The Morgan fingerprint density at radius 2 is 2.18 bits per heavy atom. The maximum atomic E-state index is 13.1. The van der Waals surface area contributed by atoms with E-state index in [4.69, 9.17) is 10.00 Å². The second-order valence-corrected chi connectivity index (χ2v) is 3.73. The van der Waals surface area contributed by atoms with Crippen molar-refractivity contribution in [2.75, 3.05) is 25.1 Å². The molecule has 0 aliphatic carbocycles. The molecule has 4 heteroatoms. The van der Waals surface area contributed by atoms with E-state index in [1.54, 1.807) is 6.07 Å². The van der Waals surface area contributed by atoms with Crippen LogP contribution in [0.2, 0.25) is 0 Å². The lowest BCUT2D eigenvalue weighted by Crippen LogP contribution is -2.10. The van der Waals surface area contributed by atoms with Gasteiger partial charge in [0.05, 0.1) is 18.2 Å². The van der Waals surface area contributed by atoms with Crippen LogP contribution in [0.1, 0.15) is 25.3 Å². The molecule has 92 valence electrons. The number of hydrogen-bond acceptors (Lipinski definition) is 3. The van der Waals surface area contributed by atoms with Crippen molar-refractivity contribution in [3.05, 3.63) is 29.6 Å². The molecular formula is C13H17FN2O. The lowest BCUT2D eigenvalue weighted by atomic mass is 10.2. The van der Waals surface area contributed by atoms with E-state index in [2.05, 4.69) is 12.2 Å². The number of rotatable bonds is 7. The average molecular weight is 236 g/mol. The van der Waals surface area contributed by atoms with Crippen LogP contribution in [0.3, 0.4) is 0 Å². The third-order valence-electron chi connectivity index (χ3n) is 2.24. The van der Waals surface area contributed by atoms with E-state index in [-0.39, 0.29) is 0 Å². The highest BCUT2D eigenvalue weighted by molar-refractivity contribution is 5.49. The molecule has 0 saturated heterocycles. The summed E-state index contributed by atoms with van der Waals surface area (Å²) in [5.41, 5.74) is 0.931. The fraction of sp³-hybridized carbons (Fsp3) is 0.462. The second-order valence-electron chi connectivity index (χ2n) is 3.73. The number of halogens is 1. The molecular weight excluding hydrogens is 219 g/mol. The molecule has 0 amide bonds. The predicted molar refractivity (Wildman–Crippen MR) is 65.3 cm³/mol. The number of ether oxygens (including phenoxy) is 1. The van der Waals surface area contributed by atoms with E-state index >= 15 is 0 Å². The summed E-state index contributed by atoms with van der Waals surface area (Å²) in [6.45, 7) is 4.05. The Kier molecular flexibility index (Phi) is 6.05. The maximum Gasteiger partial charge on any atom is 0.126 e. The maximum absolute atomic E-state index is 13.1. The molecule has 1 aromatic rings. The molecule has 0 unspecified atom stereocenters. The minimum absolute atomic E-state index is 0.319. The lowest BCUT2D eigenvalue weighted by Gasteiger charge is -2.07. The van der Waals surface area contributed by atoms with Crippen LogP contribution in [-0.4, -0.2) is 19.8 Å². The minimum Gasteiger partial charge on any atom is -0.383 e. The van der Waals surface area contributed by atoms with Gasteiger partial charge < -0.3 is 10.1 Å². The van der Waals surface area contributed by atoms with Crippen molar-refractivity contribution in [1.29, 1.82) is 5.26 Å². The Labute approximate surface area is 101 Å². The Morgan fingerprint density at radius 1 is 1.35 bits per heavy atom. The molecule has 1 N–H and O–H groups in total. The minimum atomic E-state index is -0.404. The number of nitrogens with one attached hydrogen (secondary N) is 1. The van der Waals surface area contributed by atoms with E-state index in [1.807, 2.05) is 6.07 Å². The van der Waals surface area contributed by atoms with E-state index in [0.717, 1.165) is 19.4 Å². The molecule has 0 bridgehead atoms. The van der Waals surface area contributed by atoms with Gasteiger partial charge in [-0.1, -0.05) is 13.3 Å². The summed E-state index contributed by atoms with van der Waals surface area (Å²) < 4.78 is 18.4. The number of nitriles is 1. The van der Waals surface area contributed by atoms with Crippen molar-refractivity contribution in [3.8, 4) is 6.07 Å². The van der Waals surface area contributed by atoms with Crippen LogP contribution < -0.4 is 5.32 Å². The SMILES string of the molecule is CCCCOCCNc1cc(F)cc(C#N)c1. The summed E-state index contributed by atoms with van der Waals surface area (Å²) in [5.74, 6) is -0.404. The van der Waals surface area contributed by atoms with Crippen molar-refractivity contribution >= 4 is 5.69 Å². The van der Waals surface area contributed by atoms with Gasteiger partial charge in [0, 0.05) is 18.8 Å². The lowest BCUT2D eigenvalue weighted by molar-refractivity contribution is 0.141. The molecule has 1 aromatic carbocycles. The topological polar surface area (TPSA) is 45.0 Å². The van der Waals surface area contributed by atoms with Crippen molar-refractivity contribution in [3.63, 3.8) is 0 Å². The second kappa shape index (κ2) is 7.64. The van der Waals surface area contributed by atoms with Gasteiger partial charge in [0.25, 0.3) is 0 Å².